The Balaban J connectivity index is 2.21. The highest BCUT2D eigenvalue weighted by Gasteiger charge is 2.19. The first-order valence-electron chi connectivity index (χ1n) is 8.37. The van der Waals surface area contributed by atoms with E-state index in [1.807, 2.05) is 48.5 Å². The molecule has 3 nitrogen and oxygen atoms in total. The molecule has 0 aromatic heterocycles. The number of fused-ring (bicyclic) bond motifs is 2. The zero-order valence-electron chi connectivity index (χ0n) is 13.9. The number of nitro benzene ring substituents is 1. The van der Waals surface area contributed by atoms with E-state index >= 15 is 0 Å². The molecule has 4 rings (SSSR count). The molecule has 0 heterocycles. The Morgan fingerprint density at radius 1 is 0.840 bits per heavy atom. The van der Waals surface area contributed by atoms with Crippen LogP contribution in [0.5, 0.6) is 0 Å². The molecule has 25 heavy (non-hydrogen) atoms. The summed E-state index contributed by atoms with van der Waals surface area (Å²) in [5, 5.41) is 15.9. The van der Waals surface area contributed by atoms with Gasteiger partial charge in [0.05, 0.1) is 10.5 Å². The number of nitro groups is 1. The SMILES string of the molecule is CCc1ccc([N+](=O)[O-])c(-c2c3ccccc3cc3ccccc23)c1. The van der Waals surface area contributed by atoms with Crippen LogP contribution in [0.1, 0.15) is 12.5 Å². The fourth-order valence-corrected chi connectivity index (χ4v) is 3.47. The Morgan fingerprint density at radius 3 is 2.00 bits per heavy atom. The molecule has 4 aromatic carbocycles. The summed E-state index contributed by atoms with van der Waals surface area (Å²) in [7, 11) is 0. The Kier molecular flexibility index (Phi) is 3.69. The first kappa shape index (κ1) is 15.3. The molecule has 122 valence electrons. The predicted molar refractivity (Wildman–Crippen MR) is 103 cm³/mol. The highest BCUT2D eigenvalue weighted by atomic mass is 16.6. The minimum absolute atomic E-state index is 0.152. The van der Waals surface area contributed by atoms with E-state index in [4.69, 9.17) is 0 Å². The average molecular weight is 327 g/mol. The molecular weight excluding hydrogens is 310 g/mol. The van der Waals surface area contributed by atoms with Gasteiger partial charge < -0.3 is 0 Å². The van der Waals surface area contributed by atoms with Gasteiger partial charge in [0.25, 0.3) is 5.69 Å². The molecule has 0 fully saturated rings. The van der Waals surface area contributed by atoms with Gasteiger partial charge in [0.15, 0.2) is 0 Å². The van der Waals surface area contributed by atoms with Gasteiger partial charge in [-0.05, 0) is 45.7 Å². The van der Waals surface area contributed by atoms with E-state index in [9.17, 15) is 10.1 Å². The van der Waals surface area contributed by atoms with E-state index < -0.39 is 0 Å². The van der Waals surface area contributed by atoms with Gasteiger partial charge in [0.1, 0.15) is 0 Å². The third-order valence-corrected chi connectivity index (χ3v) is 4.71. The van der Waals surface area contributed by atoms with Crippen molar-refractivity contribution in [1.82, 2.24) is 0 Å². The van der Waals surface area contributed by atoms with Crippen LogP contribution in [-0.2, 0) is 6.42 Å². The van der Waals surface area contributed by atoms with E-state index in [0.29, 0.717) is 5.56 Å². The standard InChI is InChI=1S/C22H17NO2/c1-2-15-11-12-21(23(24)25)20(13-15)22-18-9-5-3-7-16(18)14-17-8-4-6-10-19(17)22/h3-14H,2H2,1H3. The molecule has 0 aliphatic carbocycles. The van der Waals surface area contributed by atoms with Gasteiger partial charge in [-0.3, -0.25) is 10.1 Å². The molecule has 0 bridgehead atoms. The summed E-state index contributed by atoms with van der Waals surface area (Å²) in [6, 6.07) is 23.7. The van der Waals surface area contributed by atoms with Crippen LogP contribution >= 0.6 is 0 Å². The van der Waals surface area contributed by atoms with Crippen LogP contribution in [0, 0.1) is 10.1 Å². The van der Waals surface area contributed by atoms with Crippen molar-refractivity contribution in [3.8, 4) is 11.1 Å². The van der Waals surface area contributed by atoms with Crippen LogP contribution in [0.4, 0.5) is 5.69 Å². The average Bonchev–Trinajstić information content (AvgIpc) is 2.65. The molecule has 0 spiro atoms. The van der Waals surface area contributed by atoms with Crippen molar-refractivity contribution < 1.29 is 4.92 Å². The third-order valence-electron chi connectivity index (χ3n) is 4.71. The second-order valence-corrected chi connectivity index (χ2v) is 6.16. The van der Waals surface area contributed by atoms with Gasteiger partial charge in [0, 0.05) is 11.6 Å². The smallest absolute Gasteiger partial charge is 0.258 e. The molecule has 0 N–H and O–H groups in total. The second-order valence-electron chi connectivity index (χ2n) is 6.16. The van der Waals surface area contributed by atoms with Crippen LogP contribution in [0.2, 0.25) is 0 Å². The first-order valence-corrected chi connectivity index (χ1v) is 8.37. The topological polar surface area (TPSA) is 43.1 Å². The fraction of sp³-hybridized carbons (Fsp3) is 0.0909. The zero-order chi connectivity index (χ0) is 17.4. The number of nitrogens with zero attached hydrogens (tertiary/aromatic N) is 1. The first-order chi connectivity index (χ1) is 12.2. The van der Waals surface area contributed by atoms with E-state index in [2.05, 4.69) is 25.1 Å². The summed E-state index contributed by atoms with van der Waals surface area (Å²) in [6.45, 7) is 2.06. The van der Waals surface area contributed by atoms with Gasteiger partial charge in [-0.15, -0.1) is 0 Å². The summed E-state index contributed by atoms with van der Waals surface area (Å²) in [6.07, 6.45) is 0.841. The van der Waals surface area contributed by atoms with Crippen molar-refractivity contribution in [1.29, 1.82) is 0 Å². The molecule has 0 saturated carbocycles. The summed E-state index contributed by atoms with van der Waals surface area (Å²) in [5.74, 6) is 0. The highest BCUT2D eigenvalue weighted by Crippen LogP contribution is 2.40. The van der Waals surface area contributed by atoms with Crippen LogP contribution < -0.4 is 0 Å². The van der Waals surface area contributed by atoms with E-state index in [0.717, 1.165) is 39.1 Å². The highest BCUT2D eigenvalue weighted by molar-refractivity contribution is 6.13. The minimum Gasteiger partial charge on any atom is -0.258 e. The molecule has 0 saturated heterocycles. The van der Waals surface area contributed by atoms with Gasteiger partial charge in [-0.1, -0.05) is 61.5 Å². The number of rotatable bonds is 3. The Labute approximate surface area is 145 Å². The monoisotopic (exact) mass is 327 g/mol. The second kappa shape index (κ2) is 6.02. The lowest BCUT2D eigenvalue weighted by atomic mass is 9.90. The molecule has 4 aromatic rings. The van der Waals surface area contributed by atoms with E-state index in [-0.39, 0.29) is 10.6 Å². The molecule has 0 aliphatic heterocycles. The molecule has 0 amide bonds. The third kappa shape index (κ3) is 2.54. The van der Waals surface area contributed by atoms with E-state index in [1.165, 1.54) is 0 Å². The number of aryl methyl sites for hydroxylation is 1. The van der Waals surface area contributed by atoms with Gasteiger partial charge >= 0.3 is 0 Å². The summed E-state index contributed by atoms with van der Waals surface area (Å²) >= 11 is 0. The normalized spacial score (nSPS) is 11.1. The van der Waals surface area contributed by atoms with Crippen molar-refractivity contribution in [2.45, 2.75) is 13.3 Å². The number of hydrogen-bond donors (Lipinski definition) is 0. The van der Waals surface area contributed by atoms with Crippen molar-refractivity contribution >= 4 is 27.2 Å². The van der Waals surface area contributed by atoms with Crippen molar-refractivity contribution in [3.05, 3.63) is 88.5 Å². The number of hydrogen-bond acceptors (Lipinski definition) is 2. The molecule has 0 aliphatic rings. The minimum atomic E-state index is -0.286. The van der Waals surface area contributed by atoms with Crippen LogP contribution in [0.15, 0.2) is 72.8 Å². The van der Waals surface area contributed by atoms with Crippen molar-refractivity contribution in [2.24, 2.45) is 0 Å². The molecule has 0 radical (unpaired) electrons. The van der Waals surface area contributed by atoms with Gasteiger partial charge in [-0.2, -0.15) is 0 Å². The zero-order valence-corrected chi connectivity index (χ0v) is 13.9. The predicted octanol–water partition coefficient (Wildman–Crippen LogP) is 6.13. The van der Waals surface area contributed by atoms with Gasteiger partial charge in [-0.25, -0.2) is 0 Å². The van der Waals surface area contributed by atoms with Crippen LogP contribution in [0.25, 0.3) is 32.7 Å². The van der Waals surface area contributed by atoms with Gasteiger partial charge in [0.2, 0.25) is 0 Å². The molecule has 0 unspecified atom stereocenters. The lowest BCUT2D eigenvalue weighted by molar-refractivity contribution is -0.384. The van der Waals surface area contributed by atoms with Crippen LogP contribution in [-0.4, -0.2) is 4.92 Å². The Hall–Kier alpha value is -3.20. The molecular formula is C22H17NO2. The maximum atomic E-state index is 11.7. The maximum Gasteiger partial charge on any atom is 0.277 e. The Bertz CT molecular complexity index is 1060. The van der Waals surface area contributed by atoms with Crippen LogP contribution in [0.3, 0.4) is 0 Å². The molecule has 0 atom stereocenters. The largest absolute Gasteiger partial charge is 0.277 e. The molecule has 3 heteroatoms. The van der Waals surface area contributed by atoms with E-state index in [1.54, 1.807) is 6.07 Å². The van der Waals surface area contributed by atoms with Crippen molar-refractivity contribution in [3.63, 3.8) is 0 Å². The summed E-state index contributed by atoms with van der Waals surface area (Å²) in [5.41, 5.74) is 2.88. The summed E-state index contributed by atoms with van der Waals surface area (Å²) in [4.78, 5) is 11.4. The fourth-order valence-electron chi connectivity index (χ4n) is 3.47. The quantitative estimate of drug-likeness (QED) is 0.258. The van der Waals surface area contributed by atoms with Crippen molar-refractivity contribution in [2.75, 3.05) is 0 Å². The number of benzene rings is 4. The lowest BCUT2D eigenvalue weighted by Crippen LogP contribution is -1.95. The summed E-state index contributed by atoms with van der Waals surface area (Å²) < 4.78 is 0. The maximum absolute atomic E-state index is 11.7. The Morgan fingerprint density at radius 2 is 1.44 bits per heavy atom. The lowest BCUT2D eigenvalue weighted by Gasteiger charge is -2.13.